The van der Waals surface area contributed by atoms with Crippen LogP contribution in [0.2, 0.25) is 0 Å². The molecule has 1 aromatic heterocycles. The van der Waals surface area contributed by atoms with E-state index in [2.05, 4.69) is 5.10 Å². The fourth-order valence-corrected chi connectivity index (χ4v) is 2.04. The molecule has 114 valence electrons. The maximum absolute atomic E-state index is 13.5. The van der Waals surface area contributed by atoms with Crippen molar-refractivity contribution >= 4 is 11.8 Å². The smallest absolute Gasteiger partial charge is 0.377 e. The number of carboxylic acid groups (broad SMARTS) is 1. The molecule has 1 aromatic carbocycles. The van der Waals surface area contributed by atoms with Gasteiger partial charge in [0.1, 0.15) is 11.6 Å². The Kier molecular flexibility index (Phi) is 3.62. The summed E-state index contributed by atoms with van der Waals surface area (Å²) in [5.41, 5.74) is -0.539. The first kappa shape index (κ1) is 14.2. The number of carbonyl (C=O) groups is 2. The first-order chi connectivity index (χ1) is 10.5. The molecule has 22 heavy (non-hydrogen) atoms. The van der Waals surface area contributed by atoms with Crippen LogP contribution in [-0.4, -0.2) is 26.6 Å². The highest BCUT2D eigenvalue weighted by atomic mass is 19.1. The van der Waals surface area contributed by atoms with E-state index in [0.717, 1.165) is 18.7 Å². The Morgan fingerprint density at radius 3 is 2.82 bits per heavy atom. The summed E-state index contributed by atoms with van der Waals surface area (Å²) < 4.78 is 20.7. The lowest BCUT2D eigenvalue weighted by Crippen LogP contribution is -2.14. The molecule has 0 bridgehead atoms. The molecule has 3 rings (SSSR count). The predicted octanol–water partition coefficient (Wildman–Crippen LogP) is 2.49. The van der Waals surface area contributed by atoms with Gasteiger partial charge in [-0.3, -0.25) is 9.48 Å². The number of ketones is 1. The van der Waals surface area contributed by atoms with Crippen molar-refractivity contribution in [1.82, 2.24) is 9.78 Å². The summed E-state index contributed by atoms with van der Waals surface area (Å²) in [6.45, 7) is 0.829. The van der Waals surface area contributed by atoms with Crippen molar-refractivity contribution < 1.29 is 23.8 Å². The first-order valence-corrected chi connectivity index (χ1v) is 6.81. The summed E-state index contributed by atoms with van der Waals surface area (Å²) in [6.07, 6.45) is 4.18. The molecule has 0 saturated heterocycles. The van der Waals surface area contributed by atoms with E-state index in [0.29, 0.717) is 11.8 Å². The second kappa shape index (κ2) is 5.59. The summed E-state index contributed by atoms with van der Waals surface area (Å²) in [5, 5.41) is 12.9. The number of benzene rings is 1. The molecule has 7 heteroatoms. The number of Topliss-reactive ketones (excluding diaryl/α,β-unsaturated/α-hetero) is 1. The average molecular weight is 304 g/mol. The number of halogens is 1. The molecule has 2 aromatic rings. The van der Waals surface area contributed by atoms with E-state index in [9.17, 15) is 14.0 Å². The van der Waals surface area contributed by atoms with Crippen LogP contribution >= 0.6 is 0 Å². The van der Waals surface area contributed by atoms with Gasteiger partial charge in [-0.1, -0.05) is 0 Å². The van der Waals surface area contributed by atoms with E-state index in [1.165, 1.54) is 18.9 Å². The zero-order valence-electron chi connectivity index (χ0n) is 11.5. The minimum atomic E-state index is -1.72. The summed E-state index contributed by atoms with van der Waals surface area (Å²) in [7, 11) is 0. The van der Waals surface area contributed by atoms with Gasteiger partial charge in [0.05, 0.1) is 5.56 Å². The Morgan fingerprint density at radius 1 is 1.36 bits per heavy atom. The van der Waals surface area contributed by atoms with Crippen molar-refractivity contribution in [3.05, 3.63) is 41.8 Å². The van der Waals surface area contributed by atoms with E-state index in [4.69, 9.17) is 9.84 Å². The SMILES string of the molecule is O=C(O)C(=O)c1cc(Oc2ccn(CC3CC3)n2)ccc1F. The van der Waals surface area contributed by atoms with E-state index in [1.54, 1.807) is 16.9 Å². The Bertz CT molecular complexity index is 737. The molecule has 1 aliphatic carbocycles. The van der Waals surface area contributed by atoms with E-state index < -0.39 is 23.1 Å². The molecule has 0 radical (unpaired) electrons. The highest BCUT2D eigenvalue weighted by molar-refractivity contribution is 6.39. The van der Waals surface area contributed by atoms with Gasteiger partial charge >= 0.3 is 5.97 Å². The van der Waals surface area contributed by atoms with Crippen LogP contribution < -0.4 is 4.74 Å². The third-order valence-corrected chi connectivity index (χ3v) is 3.36. The molecule has 0 amide bonds. The average Bonchev–Trinajstić information content (AvgIpc) is 3.19. The molecule has 0 unspecified atom stereocenters. The maximum atomic E-state index is 13.5. The van der Waals surface area contributed by atoms with Gasteiger partial charge < -0.3 is 9.84 Å². The van der Waals surface area contributed by atoms with Crippen molar-refractivity contribution in [1.29, 1.82) is 0 Å². The number of carbonyl (C=O) groups excluding carboxylic acids is 1. The lowest BCUT2D eigenvalue weighted by molar-refractivity contribution is -0.131. The van der Waals surface area contributed by atoms with Crippen molar-refractivity contribution in [2.45, 2.75) is 19.4 Å². The lowest BCUT2D eigenvalue weighted by atomic mass is 10.1. The van der Waals surface area contributed by atoms with Crippen molar-refractivity contribution in [3.8, 4) is 11.6 Å². The molecule has 0 atom stereocenters. The number of rotatable bonds is 6. The normalized spacial score (nSPS) is 13.9. The molecular weight excluding hydrogens is 291 g/mol. The molecule has 6 nitrogen and oxygen atoms in total. The summed E-state index contributed by atoms with van der Waals surface area (Å²) in [5.74, 6) is -2.81. The molecular formula is C15H13FN2O4. The number of nitrogens with zero attached hydrogens (tertiary/aromatic N) is 2. The number of ether oxygens (including phenoxy) is 1. The number of hydrogen-bond acceptors (Lipinski definition) is 4. The minimum absolute atomic E-state index is 0.155. The highest BCUT2D eigenvalue weighted by Gasteiger charge is 2.22. The summed E-state index contributed by atoms with van der Waals surface area (Å²) >= 11 is 0. The van der Waals surface area contributed by atoms with Crippen LogP contribution in [0.3, 0.4) is 0 Å². The van der Waals surface area contributed by atoms with Crippen molar-refractivity contribution in [2.24, 2.45) is 5.92 Å². The van der Waals surface area contributed by atoms with Crippen LogP contribution in [0.5, 0.6) is 11.6 Å². The van der Waals surface area contributed by atoms with Crippen LogP contribution in [0, 0.1) is 11.7 Å². The van der Waals surface area contributed by atoms with Gasteiger partial charge in [-0.25, -0.2) is 9.18 Å². The van der Waals surface area contributed by atoms with Crippen molar-refractivity contribution in [2.75, 3.05) is 0 Å². The second-order valence-electron chi connectivity index (χ2n) is 5.20. The zero-order valence-corrected chi connectivity index (χ0v) is 11.5. The Labute approximate surface area is 125 Å². The number of aromatic nitrogens is 2. The van der Waals surface area contributed by atoms with Gasteiger partial charge in [-0.15, -0.1) is 5.10 Å². The van der Waals surface area contributed by atoms with Gasteiger partial charge in [-0.2, -0.15) is 0 Å². The predicted molar refractivity (Wildman–Crippen MR) is 73.4 cm³/mol. The number of aliphatic carboxylic acids is 1. The maximum Gasteiger partial charge on any atom is 0.377 e. The molecule has 1 aliphatic rings. The molecule has 0 spiro atoms. The monoisotopic (exact) mass is 304 g/mol. The number of hydrogen-bond donors (Lipinski definition) is 1. The molecule has 1 heterocycles. The van der Waals surface area contributed by atoms with Gasteiger partial charge in [0, 0.05) is 18.8 Å². The van der Waals surface area contributed by atoms with Gasteiger partial charge in [0.25, 0.3) is 5.78 Å². The number of carboxylic acids is 1. The topological polar surface area (TPSA) is 81.4 Å². The first-order valence-electron chi connectivity index (χ1n) is 6.81. The Morgan fingerprint density at radius 2 is 2.14 bits per heavy atom. The summed E-state index contributed by atoms with van der Waals surface area (Å²) in [6, 6.07) is 5.02. The highest BCUT2D eigenvalue weighted by Crippen LogP contribution is 2.31. The molecule has 1 fully saturated rings. The Balaban J connectivity index is 1.76. The van der Waals surface area contributed by atoms with Crippen LogP contribution in [0.15, 0.2) is 30.5 Å². The molecule has 1 saturated carbocycles. The third-order valence-electron chi connectivity index (χ3n) is 3.36. The minimum Gasteiger partial charge on any atom is -0.475 e. The zero-order chi connectivity index (χ0) is 15.7. The summed E-state index contributed by atoms with van der Waals surface area (Å²) in [4.78, 5) is 22.0. The van der Waals surface area contributed by atoms with Crippen LogP contribution in [-0.2, 0) is 11.3 Å². The fraction of sp³-hybridized carbons (Fsp3) is 0.267. The van der Waals surface area contributed by atoms with Gasteiger partial charge in [0.2, 0.25) is 5.88 Å². The van der Waals surface area contributed by atoms with Crippen LogP contribution in [0.1, 0.15) is 23.2 Å². The largest absolute Gasteiger partial charge is 0.475 e. The van der Waals surface area contributed by atoms with Crippen molar-refractivity contribution in [3.63, 3.8) is 0 Å². The molecule has 0 aliphatic heterocycles. The second-order valence-corrected chi connectivity index (χ2v) is 5.20. The van der Waals surface area contributed by atoms with Gasteiger partial charge in [0.15, 0.2) is 0 Å². The Hall–Kier alpha value is -2.70. The standard InChI is InChI=1S/C15H13FN2O4/c16-12-4-3-10(7-11(12)14(19)15(20)21)22-13-5-6-18(17-13)8-9-1-2-9/h3-7,9H,1-2,8H2,(H,20,21). The third kappa shape index (κ3) is 3.13. The quantitative estimate of drug-likeness (QED) is 0.655. The molecule has 1 N–H and O–H groups in total. The lowest BCUT2D eigenvalue weighted by Gasteiger charge is -2.05. The van der Waals surface area contributed by atoms with E-state index in [1.807, 2.05) is 0 Å². The van der Waals surface area contributed by atoms with Crippen LogP contribution in [0.25, 0.3) is 0 Å². The fourth-order valence-electron chi connectivity index (χ4n) is 2.04. The van der Waals surface area contributed by atoms with Gasteiger partial charge in [-0.05, 0) is 37.0 Å². The van der Waals surface area contributed by atoms with E-state index >= 15 is 0 Å². The van der Waals surface area contributed by atoms with E-state index in [-0.39, 0.29) is 5.75 Å². The van der Waals surface area contributed by atoms with Crippen LogP contribution in [0.4, 0.5) is 4.39 Å².